The fourth-order valence-electron chi connectivity index (χ4n) is 6.82. The highest BCUT2D eigenvalue weighted by molar-refractivity contribution is 5.27. The largest absolute Gasteiger partial charge is 0.393 e. The van der Waals surface area contributed by atoms with Gasteiger partial charge in [-0.2, -0.15) is 13.2 Å². The lowest BCUT2D eigenvalue weighted by Gasteiger charge is -2.43. The van der Waals surface area contributed by atoms with Crippen molar-refractivity contribution in [1.82, 2.24) is 4.90 Å². The zero-order valence-corrected chi connectivity index (χ0v) is 18.9. The lowest BCUT2D eigenvalue weighted by atomic mass is 9.63. The van der Waals surface area contributed by atoms with Crippen LogP contribution in [0.4, 0.5) is 13.2 Å². The Balaban J connectivity index is 1.36. The van der Waals surface area contributed by atoms with Gasteiger partial charge in [-0.25, -0.2) is 0 Å². The van der Waals surface area contributed by atoms with E-state index in [4.69, 9.17) is 0 Å². The maximum atomic E-state index is 13.0. The number of likely N-dealkylation sites (tertiary alicyclic amines) is 1. The van der Waals surface area contributed by atoms with Crippen LogP contribution in [0.5, 0.6) is 0 Å². The van der Waals surface area contributed by atoms with E-state index in [1.807, 2.05) is 4.90 Å². The summed E-state index contributed by atoms with van der Waals surface area (Å²) in [5.74, 6) is 0.0823. The van der Waals surface area contributed by atoms with Gasteiger partial charge in [0.25, 0.3) is 0 Å². The monoisotopic (exact) mass is 437 g/mol. The molecule has 0 bridgehead atoms. The number of fused-ring (bicyclic) bond motifs is 1. The molecule has 0 aromatic carbocycles. The van der Waals surface area contributed by atoms with Crippen LogP contribution in [0.25, 0.3) is 0 Å². The zero-order chi connectivity index (χ0) is 22.2. The molecule has 0 spiro atoms. The molecule has 1 aliphatic heterocycles. The third kappa shape index (κ3) is 4.98. The molecule has 0 aromatic heterocycles. The van der Waals surface area contributed by atoms with Crippen molar-refractivity contribution in [3.05, 3.63) is 35.5 Å². The van der Waals surface area contributed by atoms with Gasteiger partial charge >= 0.3 is 6.18 Å². The molecule has 5 heteroatoms. The summed E-state index contributed by atoms with van der Waals surface area (Å²) in [7, 11) is 0. The number of aliphatic hydroxyl groups is 1. The van der Waals surface area contributed by atoms with E-state index in [-0.39, 0.29) is 18.4 Å². The molecule has 0 amide bonds. The molecule has 4 aliphatic rings. The second-order valence-corrected chi connectivity index (χ2v) is 10.7. The fraction of sp³-hybridized carbons (Fsp3) is 0.769. The van der Waals surface area contributed by atoms with Crippen LogP contribution in [0.15, 0.2) is 35.5 Å². The van der Waals surface area contributed by atoms with Crippen molar-refractivity contribution in [1.29, 1.82) is 0 Å². The van der Waals surface area contributed by atoms with Crippen molar-refractivity contribution in [2.24, 2.45) is 23.2 Å². The number of hydrogen-bond donors (Lipinski definition) is 1. The smallest absolute Gasteiger partial charge is 0.388 e. The van der Waals surface area contributed by atoms with Crippen molar-refractivity contribution < 1.29 is 18.3 Å². The van der Waals surface area contributed by atoms with Crippen LogP contribution in [0.1, 0.15) is 71.1 Å². The third-order valence-electron chi connectivity index (χ3n) is 8.92. The molecular weight excluding hydrogens is 399 g/mol. The van der Waals surface area contributed by atoms with Crippen molar-refractivity contribution in [2.45, 2.75) is 83.4 Å². The SMILES string of the molecule is C=C1CC/C(=C/C=C2\CCCC3(C)C2CC[C@@H]3CCN2CCC(C(F)(F)F)C2)C[C@H]1O. The van der Waals surface area contributed by atoms with Gasteiger partial charge < -0.3 is 10.0 Å². The van der Waals surface area contributed by atoms with Gasteiger partial charge in [-0.15, -0.1) is 0 Å². The van der Waals surface area contributed by atoms with Crippen LogP contribution in [0.3, 0.4) is 0 Å². The first-order valence-corrected chi connectivity index (χ1v) is 12.2. The number of aliphatic hydroxyl groups excluding tert-OH is 1. The summed E-state index contributed by atoms with van der Waals surface area (Å²) in [4.78, 5) is 2.04. The van der Waals surface area contributed by atoms with E-state index in [0.717, 1.165) is 37.8 Å². The van der Waals surface area contributed by atoms with E-state index in [1.165, 1.54) is 31.3 Å². The van der Waals surface area contributed by atoms with Crippen molar-refractivity contribution >= 4 is 0 Å². The second-order valence-electron chi connectivity index (χ2n) is 10.7. The van der Waals surface area contributed by atoms with Crippen LogP contribution >= 0.6 is 0 Å². The summed E-state index contributed by atoms with van der Waals surface area (Å²) < 4.78 is 39.0. The summed E-state index contributed by atoms with van der Waals surface area (Å²) in [5, 5.41) is 10.1. The lowest BCUT2D eigenvalue weighted by Crippen LogP contribution is -2.35. The number of allylic oxidation sites excluding steroid dienone is 3. The summed E-state index contributed by atoms with van der Waals surface area (Å²) in [6.45, 7) is 7.98. The molecule has 1 heterocycles. The van der Waals surface area contributed by atoms with Crippen LogP contribution in [0, 0.1) is 23.2 Å². The number of halogens is 3. The average molecular weight is 438 g/mol. The first-order chi connectivity index (χ1) is 14.7. The molecule has 31 heavy (non-hydrogen) atoms. The van der Waals surface area contributed by atoms with E-state index >= 15 is 0 Å². The Hall–Kier alpha value is -1.07. The van der Waals surface area contributed by atoms with E-state index in [2.05, 4.69) is 25.7 Å². The predicted octanol–water partition coefficient (Wildman–Crippen LogP) is 6.43. The van der Waals surface area contributed by atoms with Gasteiger partial charge in [0, 0.05) is 6.54 Å². The molecule has 4 rings (SSSR count). The Morgan fingerprint density at radius 1 is 1.16 bits per heavy atom. The van der Waals surface area contributed by atoms with E-state index in [1.54, 1.807) is 5.57 Å². The van der Waals surface area contributed by atoms with Crippen molar-refractivity contribution in [3.8, 4) is 0 Å². The molecule has 1 saturated heterocycles. The Bertz CT molecular complexity index is 739. The van der Waals surface area contributed by atoms with Crippen LogP contribution in [0.2, 0.25) is 0 Å². The topological polar surface area (TPSA) is 23.5 Å². The number of hydrogen-bond acceptors (Lipinski definition) is 2. The lowest BCUT2D eigenvalue weighted by molar-refractivity contribution is -0.170. The summed E-state index contributed by atoms with van der Waals surface area (Å²) in [6.07, 6.45) is 10.0. The minimum absolute atomic E-state index is 0.188. The molecule has 1 N–H and O–H groups in total. The Morgan fingerprint density at radius 3 is 2.68 bits per heavy atom. The van der Waals surface area contributed by atoms with Gasteiger partial charge in [-0.05, 0) is 100 Å². The van der Waals surface area contributed by atoms with Gasteiger partial charge in [-0.3, -0.25) is 0 Å². The molecule has 3 unspecified atom stereocenters. The molecule has 174 valence electrons. The molecule has 4 fully saturated rings. The highest BCUT2D eigenvalue weighted by Gasteiger charge is 2.49. The number of alkyl halides is 3. The highest BCUT2D eigenvalue weighted by Crippen LogP contribution is 2.58. The van der Waals surface area contributed by atoms with E-state index in [0.29, 0.717) is 24.8 Å². The summed E-state index contributed by atoms with van der Waals surface area (Å²) in [5.41, 5.74) is 4.11. The number of nitrogens with zero attached hydrogens (tertiary/aromatic N) is 1. The third-order valence-corrected chi connectivity index (χ3v) is 8.92. The zero-order valence-electron chi connectivity index (χ0n) is 18.9. The Labute approximate surface area is 185 Å². The first-order valence-electron chi connectivity index (χ1n) is 12.2. The normalized spacial score (nSPS) is 40.1. The van der Waals surface area contributed by atoms with E-state index in [9.17, 15) is 18.3 Å². The average Bonchev–Trinajstić information content (AvgIpc) is 3.31. The maximum Gasteiger partial charge on any atom is 0.393 e. The minimum Gasteiger partial charge on any atom is -0.388 e. The second kappa shape index (κ2) is 9.05. The standard InChI is InChI=1S/C26H38F3NO/c1-18-5-6-19(16-24(18)31)7-8-20-4-3-13-25(2)21(9-10-23(20)25)11-14-30-15-12-22(17-30)26(27,28)29/h7-8,21-24,31H,1,3-6,9-17H2,2H3/b19-7-,20-8+/t21-,22?,23?,24-,25?/m1/s1. The Morgan fingerprint density at radius 2 is 1.97 bits per heavy atom. The molecular formula is C26H38F3NO. The highest BCUT2D eigenvalue weighted by atomic mass is 19.4. The van der Waals surface area contributed by atoms with Crippen LogP contribution in [-0.2, 0) is 0 Å². The quantitative estimate of drug-likeness (QED) is 0.512. The van der Waals surface area contributed by atoms with Crippen LogP contribution in [-0.4, -0.2) is 41.9 Å². The predicted molar refractivity (Wildman–Crippen MR) is 119 cm³/mol. The maximum absolute atomic E-state index is 13.0. The van der Waals surface area contributed by atoms with Gasteiger partial charge in [0.15, 0.2) is 0 Å². The fourth-order valence-corrected chi connectivity index (χ4v) is 6.82. The minimum atomic E-state index is -4.04. The first kappa shape index (κ1) is 23.1. The molecule has 3 aliphatic carbocycles. The van der Waals surface area contributed by atoms with Gasteiger partial charge in [-0.1, -0.05) is 36.8 Å². The van der Waals surface area contributed by atoms with Crippen molar-refractivity contribution in [2.75, 3.05) is 19.6 Å². The molecule has 5 atom stereocenters. The molecule has 0 radical (unpaired) electrons. The van der Waals surface area contributed by atoms with Gasteiger partial charge in [0.2, 0.25) is 0 Å². The van der Waals surface area contributed by atoms with Crippen LogP contribution < -0.4 is 0 Å². The number of rotatable bonds is 4. The Kier molecular flexibility index (Phi) is 6.75. The van der Waals surface area contributed by atoms with E-state index < -0.39 is 18.2 Å². The summed E-state index contributed by atoms with van der Waals surface area (Å²) in [6, 6.07) is 0. The summed E-state index contributed by atoms with van der Waals surface area (Å²) >= 11 is 0. The molecule has 2 nitrogen and oxygen atoms in total. The van der Waals surface area contributed by atoms with Crippen molar-refractivity contribution in [3.63, 3.8) is 0 Å². The molecule has 3 saturated carbocycles. The van der Waals surface area contributed by atoms with Gasteiger partial charge in [0.1, 0.15) is 0 Å². The molecule has 0 aromatic rings. The van der Waals surface area contributed by atoms with Gasteiger partial charge in [0.05, 0.1) is 12.0 Å².